The molecule has 1 N–H and O–H groups in total. The lowest BCUT2D eigenvalue weighted by molar-refractivity contribution is 0.193. The fraction of sp³-hybridized carbons (Fsp3) is 0.562. The molecule has 0 saturated heterocycles. The summed E-state index contributed by atoms with van der Waals surface area (Å²) < 4.78 is 0. The molecule has 110 valence electrons. The zero-order chi connectivity index (χ0) is 14.9. The van der Waals surface area contributed by atoms with Gasteiger partial charge in [0.15, 0.2) is 0 Å². The van der Waals surface area contributed by atoms with Crippen LogP contribution in [0.5, 0.6) is 0 Å². The lowest BCUT2D eigenvalue weighted by Gasteiger charge is -2.27. The first kappa shape index (κ1) is 15.2. The predicted molar refractivity (Wildman–Crippen MR) is 84.3 cm³/mol. The van der Waals surface area contributed by atoms with E-state index >= 15 is 0 Å². The van der Waals surface area contributed by atoms with Gasteiger partial charge < -0.3 is 10.2 Å². The fourth-order valence-electron chi connectivity index (χ4n) is 2.30. The Morgan fingerprint density at radius 1 is 1.50 bits per heavy atom. The maximum atomic E-state index is 12.4. The zero-order valence-corrected chi connectivity index (χ0v) is 13.4. The standard InChI is InChI=1S/C16H23ClN2O/c1-10(2)19(9-13-7-12(13)4)16(20)18-14-6-5-11(3)15(17)8-14/h5-6,8,10,12-13H,7,9H2,1-4H3,(H,18,20)/t12-,13-/m0/s1. The van der Waals surface area contributed by atoms with E-state index < -0.39 is 0 Å². The molecule has 2 amide bonds. The van der Waals surface area contributed by atoms with E-state index in [0.29, 0.717) is 10.9 Å². The van der Waals surface area contributed by atoms with Crippen molar-refractivity contribution in [3.63, 3.8) is 0 Å². The predicted octanol–water partition coefficient (Wildman–Crippen LogP) is 4.55. The summed E-state index contributed by atoms with van der Waals surface area (Å²) in [5, 5.41) is 3.62. The van der Waals surface area contributed by atoms with E-state index in [-0.39, 0.29) is 12.1 Å². The summed E-state index contributed by atoms with van der Waals surface area (Å²) in [5.41, 5.74) is 1.76. The third kappa shape index (κ3) is 3.66. The second-order valence-corrected chi connectivity index (χ2v) is 6.52. The van der Waals surface area contributed by atoms with Crippen LogP contribution >= 0.6 is 11.6 Å². The van der Waals surface area contributed by atoms with Crippen molar-refractivity contribution in [1.82, 2.24) is 4.90 Å². The molecule has 1 aromatic carbocycles. The Kier molecular flexibility index (Phi) is 4.59. The van der Waals surface area contributed by atoms with Gasteiger partial charge in [0, 0.05) is 23.3 Å². The van der Waals surface area contributed by atoms with Gasteiger partial charge in [-0.15, -0.1) is 0 Å². The van der Waals surface area contributed by atoms with Gasteiger partial charge in [-0.2, -0.15) is 0 Å². The van der Waals surface area contributed by atoms with Crippen LogP contribution in [0.4, 0.5) is 10.5 Å². The van der Waals surface area contributed by atoms with Crippen molar-refractivity contribution >= 4 is 23.3 Å². The van der Waals surface area contributed by atoms with E-state index in [2.05, 4.69) is 26.1 Å². The number of nitrogens with one attached hydrogen (secondary N) is 1. The van der Waals surface area contributed by atoms with Gasteiger partial charge in [-0.1, -0.05) is 24.6 Å². The smallest absolute Gasteiger partial charge is 0.322 e. The van der Waals surface area contributed by atoms with Gasteiger partial charge in [0.05, 0.1) is 0 Å². The molecule has 1 aliphatic rings. The number of nitrogens with zero attached hydrogens (tertiary/aromatic N) is 1. The van der Waals surface area contributed by atoms with Crippen LogP contribution in [-0.4, -0.2) is 23.5 Å². The Hall–Kier alpha value is -1.22. The number of benzene rings is 1. The summed E-state index contributed by atoms with van der Waals surface area (Å²) in [5.74, 6) is 1.41. The van der Waals surface area contributed by atoms with Crippen molar-refractivity contribution in [2.45, 2.75) is 40.2 Å². The number of carbonyl (C=O) groups is 1. The molecule has 4 heteroatoms. The van der Waals surface area contributed by atoms with Crippen LogP contribution in [-0.2, 0) is 0 Å². The summed E-state index contributed by atoms with van der Waals surface area (Å²) in [6.07, 6.45) is 1.23. The van der Waals surface area contributed by atoms with Crippen LogP contribution in [0, 0.1) is 18.8 Å². The van der Waals surface area contributed by atoms with Gasteiger partial charge >= 0.3 is 6.03 Å². The van der Waals surface area contributed by atoms with Crippen molar-refractivity contribution < 1.29 is 4.79 Å². The summed E-state index contributed by atoms with van der Waals surface area (Å²) >= 11 is 6.09. The summed E-state index contributed by atoms with van der Waals surface area (Å²) in [4.78, 5) is 14.3. The second-order valence-electron chi connectivity index (χ2n) is 6.11. The lowest BCUT2D eigenvalue weighted by Crippen LogP contribution is -2.41. The first-order valence-corrected chi connectivity index (χ1v) is 7.60. The molecule has 0 aliphatic heterocycles. The minimum absolute atomic E-state index is 0.0426. The SMILES string of the molecule is Cc1ccc(NC(=O)N(C[C@@H]2C[C@@H]2C)C(C)C)cc1Cl. The molecule has 20 heavy (non-hydrogen) atoms. The third-order valence-corrected chi connectivity index (χ3v) is 4.42. The molecule has 0 unspecified atom stereocenters. The van der Waals surface area contributed by atoms with Crippen LogP contribution in [0.1, 0.15) is 32.8 Å². The molecule has 0 spiro atoms. The molecule has 2 rings (SSSR count). The maximum absolute atomic E-state index is 12.4. The van der Waals surface area contributed by atoms with Gasteiger partial charge in [0.1, 0.15) is 0 Å². The Bertz CT molecular complexity index is 501. The molecule has 1 aliphatic carbocycles. The van der Waals surface area contributed by atoms with Crippen molar-refractivity contribution in [3.05, 3.63) is 28.8 Å². The van der Waals surface area contributed by atoms with Gasteiger partial charge in [-0.3, -0.25) is 0 Å². The normalized spacial score (nSPS) is 20.9. The van der Waals surface area contributed by atoms with Gasteiger partial charge in [-0.05, 0) is 56.7 Å². The summed E-state index contributed by atoms with van der Waals surface area (Å²) in [7, 11) is 0. The molecule has 2 atom stereocenters. The minimum Gasteiger partial charge on any atom is -0.322 e. The highest BCUT2D eigenvalue weighted by molar-refractivity contribution is 6.31. The molecule has 1 saturated carbocycles. The highest BCUT2D eigenvalue weighted by atomic mass is 35.5. The molecule has 0 bridgehead atoms. The van der Waals surface area contributed by atoms with E-state index in [0.717, 1.165) is 23.7 Å². The number of aryl methyl sites for hydroxylation is 1. The topological polar surface area (TPSA) is 32.3 Å². The molecule has 3 nitrogen and oxygen atoms in total. The van der Waals surface area contributed by atoms with Crippen molar-refractivity contribution in [2.75, 3.05) is 11.9 Å². The van der Waals surface area contributed by atoms with Crippen LogP contribution in [0.15, 0.2) is 18.2 Å². The average Bonchev–Trinajstić information content (AvgIpc) is 3.06. The van der Waals surface area contributed by atoms with Crippen molar-refractivity contribution in [3.8, 4) is 0 Å². The summed E-state index contributed by atoms with van der Waals surface area (Å²) in [6.45, 7) is 9.12. The Morgan fingerprint density at radius 3 is 2.65 bits per heavy atom. The lowest BCUT2D eigenvalue weighted by atomic mass is 10.2. The van der Waals surface area contributed by atoms with Crippen LogP contribution in [0.2, 0.25) is 5.02 Å². The number of amides is 2. The third-order valence-electron chi connectivity index (χ3n) is 4.01. The zero-order valence-electron chi connectivity index (χ0n) is 12.6. The Labute approximate surface area is 126 Å². The largest absolute Gasteiger partial charge is 0.322 e. The maximum Gasteiger partial charge on any atom is 0.322 e. The molecule has 1 fully saturated rings. The molecule has 0 heterocycles. The van der Waals surface area contributed by atoms with Crippen LogP contribution < -0.4 is 5.32 Å². The van der Waals surface area contributed by atoms with Crippen LogP contribution in [0.3, 0.4) is 0 Å². The van der Waals surface area contributed by atoms with Gasteiger partial charge in [-0.25, -0.2) is 4.79 Å². The number of halogens is 1. The highest BCUT2D eigenvalue weighted by Crippen LogP contribution is 2.38. The van der Waals surface area contributed by atoms with E-state index in [9.17, 15) is 4.79 Å². The van der Waals surface area contributed by atoms with E-state index in [1.54, 1.807) is 6.07 Å². The van der Waals surface area contributed by atoms with Crippen molar-refractivity contribution in [1.29, 1.82) is 0 Å². The Morgan fingerprint density at radius 2 is 2.15 bits per heavy atom. The number of hydrogen-bond donors (Lipinski definition) is 1. The molecule has 0 aromatic heterocycles. The highest BCUT2D eigenvalue weighted by Gasteiger charge is 2.35. The number of urea groups is 1. The van der Waals surface area contributed by atoms with E-state index in [1.807, 2.05) is 24.0 Å². The number of anilines is 1. The monoisotopic (exact) mass is 294 g/mol. The van der Waals surface area contributed by atoms with E-state index in [1.165, 1.54) is 6.42 Å². The quantitative estimate of drug-likeness (QED) is 0.868. The number of rotatable bonds is 4. The Balaban J connectivity index is 2.01. The average molecular weight is 295 g/mol. The molecular weight excluding hydrogens is 272 g/mol. The van der Waals surface area contributed by atoms with Crippen molar-refractivity contribution in [2.24, 2.45) is 11.8 Å². The minimum atomic E-state index is -0.0426. The number of hydrogen-bond acceptors (Lipinski definition) is 1. The first-order valence-electron chi connectivity index (χ1n) is 7.22. The molecule has 0 radical (unpaired) electrons. The number of carbonyl (C=O) groups excluding carboxylic acids is 1. The first-order chi connectivity index (χ1) is 9.38. The fourth-order valence-corrected chi connectivity index (χ4v) is 2.48. The van der Waals surface area contributed by atoms with E-state index in [4.69, 9.17) is 11.6 Å². The van der Waals surface area contributed by atoms with Gasteiger partial charge in [0.2, 0.25) is 0 Å². The second kappa shape index (κ2) is 6.04. The molecular formula is C16H23ClN2O. The van der Waals surface area contributed by atoms with Crippen LogP contribution in [0.25, 0.3) is 0 Å². The van der Waals surface area contributed by atoms with Gasteiger partial charge in [0.25, 0.3) is 0 Å². The summed E-state index contributed by atoms with van der Waals surface area (Å²) in [6, 6.07) is 5.76. The molecule has 1 aromatic rings.